The first-order valence-corrected chi connectivity index (χ1v) is 7.40. The molecule has 2 N–H and O–H groups in total. The van der Waals surface area contributed by atoms with E-state index in [2.05, 4.69) is 15.8 Å². The second kappa shape index (κ2) is 8.19. The summed E-state index contributed by atoms with van der Waals surface area (Å²) in [7, 11) is 0. The molecule has 1 aliphatic carbocycles. The topological polar surface area (TPSA) is 70.6 Å². The van der Waals surface area contributed by atoms with Gasteiger partial charge in [0.1, 0.15) is 0 Å². The van der Waals surface area contributed by atoms with Crippen molar-refractivity contribution in [3.05, 3.63) is 35.9 Å². The second-order valence-electron chi connectivity index (χ2n) is 5.26. The van der Waals surface area contributed by atoms with Crippen molar-refractivity contribution in [3.63, 3.8) is 0 Å². The number of hydrogen-bond acceptors (Lipinski definition) is 3. The van der Waals surface area contributed by atoms with Gasteiger partial charge in [-0.05, 0) is 18.4 Å². The summed E-state index contributed by atoms with van der Waals surface area (Å²) in [6, 6.07) is 9.48. The third-order valence-electron chi connectivity index (χ3n) is 3.60. The molecule has 0 aliphatic heterocycles. The van der Waals surface area contributed by atoms with Crippen LogP contribution in [0.4, 0.5) is 0 Å². The Bertz CT molecular complexity index is 494. The van der Waals surface area contributed by atoms with Crippen LogP contribution in [0.3, 0.4) is 0 Å². The maximum absolute atomic E-state index is 11.9. The number of hydrogen-bond donors (Lipinski definition) is 2. The molecule has 0 radical (unpaired) electrons. The van der Waals surface area contributed by atoms with E-state index in [1.165, 1.54) is 6.42 Å². The SMILES string of the molecule is O=C(CNC(=O)C1CCCCC1)NN=Cc1ccccc1. The van der Waals surface area contributed by atoms with Crippen LogP contribution in [0.5, 0.6) is 0 Å². The highest BCUT2D eigenvalue weighted by Crippen LogP contribution is 2.23. The quantitative estimate of drug-likeness (QED) is 0.640. The first kappa shape index (κ1) is 15.2. The lowest BCUT2D eigenvalue weighted by Gasteiger charge is -2.20. The number of benzene rings is 1. The lowest BCUT2D eigenvalue weighted by Crippen LogP contribution is -2.38. The number of nitrogens with one attached hydrogen (secondary N) is 2. The Hall–Kier alpha value is -2.17. The van der Waals surface area contributed by atoms with E-state index in [0.717, 1.165) is 31.2 Å². The van der Waals surface area contributed by atoms with E-state index in [9.17, 15) is 9.59 Å². The van der Waals surface area contributed by atoms with Gasteiger partial charge in [0.25, 0.3) is 5.91 Å². The first-order valence-electron chi connectivity index (χ1n) is 7.40. The molecule has 0 spiro atoms. The molecule has 1 saturated carbocycles. The summed E-state index contributed by atoms with van der Waals surface area (Å²) in [4.78, 5) is 23.4. The van der Waals surface area contributed by atoms with Crippen LogP contribution in [0.2, 0.25) is 0 Å². The zero-order valence-corrected chi connectivity index (χ0v) is 12.0. The largest absolute Gasteiger partial charge is 0.347 e. The summed E-state index contributed by atoms with van der Waals surface area (Å²) < 4.78 is 0. The zero-order chi connectivity index (χ0) is 14.9. The van der Waals surface area contributed by atoms with Gasteiger partial charge in [-0.1, -0.05) is 49.6 Å². The minimum Gasteiger partial charge on any atom is -0.347 e. The van der Waals surface area contributed by atoms with Gasteiger partial charge in [-0.25, -0.2) is 5.43 Å². The summed E-state index contributed by atoms with van der Waals surface area (Å²) in [5, 5.41) is 6.53. The number of amides is 2. The van der Waals surface area contributed by atoms with Crippen LogP contribution in [0.25, 0.3) is 0 Å². The van der Waals surface area contributed by atoms with Gasteiger partial charge in [-0.2, -0.15) is 5.10 Å². The fraction of sp³-hybridized carbons (Fsp3) is 0.438. The third kappa shape index (κ3) is 5.38. The molecule has 0 atom stereocenters. The molecule has 0 bridgehead atoms. The molecular formula is C16H21N3O2. The number of rotatable bonds is 5. The maximum Gasteiger partial charge on any atom is 0.259 e. The van der Waals surface area contributed by atoms with E-state index in [1.807, 2.05) is 30.3 Å². The fourth-order valence-electron chi connectivity index (χ4n) is 2.43. The van der Waals surface area contributed by atoms with Gasteiger partial charge in [0, 0.05) is 5.92 Å². The Morgan fingerprint density at radius 3 is 2.57 bits per heavy atom. The average molecular weight is 287 g/mol. The first-order chi connectivity index (χ1) is 10.3. The number of nitrogens with zero attached hydrogens (tertiary/aromatic N) is 1. The normalized spacial score (nSPS) is 15.8. The minimum absolute atomic E-state index is 0.0168. The second-order valence-corrected chi connectivity index (χ2v) is 5.26. The molecule has 1 aromatic rings. The number of carbonyl (C=O) groups excluding carboxylic acids is 2. The summed E-state index contributed by atoms with van der Waals surface area (Å²) >= 11 is 0. The van der Waals surface area contributed by atoms with Crippen LogP contribution < -0.4 is 10.7 Å². The van der Waals surface area contributed by atoms with E-state index in [0.29, 0.717) is 0 Å². The molecule has 2 rings (SSSR count). The highest BCUT2D eigenvalue weighted by atomic mass is 16.2. The third-order valence-corrected chi connectivity index (χ3v) is 3.60. The fourth-order valence-corrected chi connectivity index (χ4v) is 2.43. The summed E-state index contributed by atoms with van der Waals surface area (Å²) in [5.74, 6) is -0.261. The van der Waals surface area contributed by atoms with Gasteiger partial charge in [0.2, 0.25) is 5.91 Å². The predicted molar refractivity (Wildman–Crippen MR) is 81.8 cm³/mol. The molecule has 1 fully saturated rings. The van der Waals surface area contributed by atoms with Gasteiger partial charge in [0.05, 0.1) is 12.8 Å². The molecule has 0 heterocycles. The van der Waals surface area contributed by atoms with Gasteiger partial charge in [-0.3, -0.25) is 9.59 Å². The number of hydrazone groups is 1. The van der Waals surface area contributed by atoms with Crippen LogP contribution in [0.1, 0.15) is 37.7 Å². The van der Waals surface area contributed by atoms with Crippen molar-refractivity contribution in [2.24, 2.45) is 11.0 Å². The van der Waals surface area contributed by atoms with Crippen molar-refractivity contribution in [1.82, 2.24) is 10.7 Å². The Morgan fingerprint density at radius 1 is 1.14 bits per heavy atom. The van der Waals surface area contributed by atoms with Crippen molar-refractivity contribution in [2.75, 3.05) is 6.54 Å². The maximum atomic E-state index is 11.9. The Balaban J connectivity index is 1.67. The Kier molecular flexibility index (Phi) is 5.94. The van der Waals surface area contributed by atoms with Crippen molar-refractivity contribution < 1.29 is 9.59 Å². The van der Waals surface area contributed by atoms with Gasteiger partial charge >= 0.3 is 0 Å². The Labute approximate surface area is 124 Å². The molecule has 0 saturated heterocycles. The van der Waals surface area contributed by atoms with E-state index in [1.54, 1.807) is 6.21 Å². The molecule has 21 heavy (non-hydrogen) atoms. The van der Waals surface area contributed by atoms with Crippen molar-refractivity contribution >= 4 is 18.0 Å². The predicted octanol–water partition coefficient (Wildman–Crippen LogP) is 1.83. The molecule has 1 aliphatic rings. The van der Waals surface area contributed by atoms with E-state index in [4.69, 9.17) is 0 Å². The van der Waals surface area contributed by atoms with Crippen LogP contribution in [0.15, 0.2) is 35.4 Å². The van der Waals surface area contributed by atoms with Crippen LogP contribution >= 0.6 is 0 Å². The lowest BCUT2D eigenvalue weighted by molar-refractivity contribution is -0.129. The summed E-state index contributed by atoms with van der Waals surface area (Å²) in [6.45, 7) is -0.0263. The summed E-state index contributed by atoms with van der Waals surface area (Å²) in [6.07, 6.45) is 6.84. The zero-order valence-electron chi connectivity index (χ0n) is 12.0. The molecule has 5 nitrogen and oxygen atoms in total. The lowest BCUT2D eigenvalue weighted by atomic mass is 9.89. The van der Waals surface area contributed by atoms with Crippen molar-refractivity contribution in [2.45, 2.75) is 32.1 Å². The molecule has 0 aromatic heterocycles. The highest BCUT2D eigenvalue weighted by Gasteiger charge is 2.21. The standard InChI is InChI=1S/C16H21N3O2/c20-15(19-18-11-13-7-3-1-4-8-13)12-17-16(21)14-9-5-2-6-10-14/h1,3-4,7-8,11,14H,2,5-6,9-10,12H2,(H,17,21)(H,19,20). The smallest absolute Gasteiger partial charge is 0.259 e. The average Bonchev–Trinajstić information content (AvgIpc) is 2.54. The van der Waals surface area contributed by atoms with Gasteiger partial charge in [-0.15, -0.1) is 0 Å². The molecule has 5 heteroatoms. The van der Waals surface area contributed by atoms with E-state index in [-0.39, 0.29) is 24.3 Å². The Morgan fingerprint density at radius 2 is 1.86 bits per heavy atom. The summed E-state index contributed by atoms with van der Waals surface area (Å²) in [5.41, 5.74) is 3.31. The van der Waals surface area contributed by atoms with Gasteiger partial charge in [0.15, 0.2) is 0 Å². The molecule has 2 amide bonds. The van der Waals surface area contributed by atoms with Crippen LogP contribution in [-0.4, -0.2) is 24.6 Å². The molecule has 1 aromatic carbocycles. The highest BCUT2D eigenvalue weighted by molar-refractivity contribution is 5.87. The molecular weight excluding hydrogens is 266 g/mol. The van der Waals surface area contributed by atoms with Crippen LogP contribution in [-0.2, 0) is 9.59 Å². The van der Waals surface area contributed by atoms with Crippen LogP contribution in [0, 0.1) is 5.92 Å². The number of carbonyl (C=O) groups is 2. The van der Waals surface area contributed by atoms with Crippen molar-refractivity contribution in [1.29, 1.82) is 0 Å². The molecule has 0 unspecified atom stereocenters. The molecule has 112 valence electrons. The monoisotopic (exact) mass is 287 g/mol. The van der Waals surface area contributed by atoms with Crippen molar-refractivity contribution in [3.8, 4) is 0 Å². The van der Waals surface area contributed by atoms with Gasteiger partial charge < -0.3 is 5.32 Å². The van der Waals surface area contributed by atoms with E-state index >= 15 is 0 Å². The minimum atomic E-state index is -0.314. The van der Waals surface area contributed by atoms with E-state index < -0.39 is 0 Å².